The van der Waals surface area contributed by atoms with E-state index in [0.717, 1.165) is 10.2 Å². The summed E-state index contributed by atoms with van der Waals surface area (Å²) in [6.07, 6.45) is 1.69. The van der Waals surface area contributed by atoms with Gasteiger partial charge >= 0.3 is 0 Å². The third-order valence-corrected chi connectivity index (χ3v) is 2.73. The van der Waals surface area contributed by atoms with Crippen LogP contribution in [0.4, 0.5) is 15.9 Å². The summed E-state index contributed by atoms with van der Waals surface area (Å²) in [5.41, 5.74) is 1.32. The molecule has 0 spiro atoms. The Kier molecular flexibility index (Phi) is 3.19. The molecule has 16 heavy (non-hydrogen) atoms. The molecule has 2 aromatic rings. The van der Waals surface area contributed by atoms with Gasteiger partial charge in [-0.15, -0.1) is 0 Å². The lowest BCUT2D eigenvalue weighted by Crippen LogP contribution is -1.96. The van der Waals surface area contributed by atoms with E-state index in [4.69, 9.17) is 0 Å². The van der Waals surface area contributed by atoms with Gasteiger partial charge in [-0.1, -0.05) is 6.07 Å². The van der Waals surface area contributed by atoms with Gasteiger partial charge in [-0.05, 0) is 47.1 Å². The number of nitrogens with one attached hydrogen (secondary N) is 1. The van der Waals surface area contributed by atoms with Gasteiger partial charge in [0.15, 0.2) is 0 Å². The van der Waals surface area contributed by atoms with E-state index in [-0.39, 0.29) is 5.82 Å². The zero-order chi connectivity index (χ0) is 11.5. The van der Waals surface area contributed by atoms with E-state index >= 15 is 0 Å². The van der Waals surface area contributed by atoms with Gasteiger partial charge in [-0.2, -0.15) is 0 Å². The molecule has 4 heteroatoms. The van der Waals surface area contributed by atoms with Gasteiger partial charge in [0, 0.05) is 21.9 Å². The minimum atomic E-state index is -0.220. The number of benzene rings is 1. The highest BCUT2D eigenvalue weighted by Gasteiger charge is 2.03. The molecule has 2 rings (SSSR count). The Balaban J connectivity index is 2.27. The lowest BCUT2D eigenvalue weighted by molar-refractivity contribution is 0.619. The summed E-state index contributed by atoms with van der Waals surface area (Å²) in [7, 11) is 0. The smallest absolute Gasteiger partial charge is 0.130 e. The zero-order valence-electron chi connectivity index (χ0n) is 8.67. The second-order valence-corrected chi connectivity index (χ2v) is 4.31. The lowest BCUT2D eigenvalue weighted by Gasteiger charge is -2.08. The highest BCUT2D eigenvalue weighted by Crippen LogP contribution is 2.21. The molecule has 0 atom stereocenters. The molecule has 0 amide bonds. The number of pyridine rings is 1. The fourth-order valence-electron chi connectivity index (χ4n) is 1.33. The first-order valence-electron chi connectivity index (χ1n) is 4.80. The van der Waals surface area contributed by atoms with Crippen molar-refractivity contribution in [2.45, 2.75) is 6.92 Å². The maximum absolute atomic E-state index is 13.3. The first-order chi connectivity index (χ1) is 7.66. The average molecular weight is 281 g/mol. The summed E-state index contributed by atoms with van der Waals surface area (Å²) in [4.78, 5) is 4.16. The van der Waals surface area contributed by atoms with Crippen molar-refractivity contribution in [3.8, 4) is 0 Å². The Morgan fingerprint density at radius 2 is 2.06 bits per heavy atom. The standard InChI is InChI=1S/C12H10BrFN2/c1-8-10(14)3-2-4-11(8)16-12-6-5-9(13)7-15-12/h2-7H,1H3,(H,15,16). The highest BCUT2D eigenvalue weighted by atomic mass is 79.9. The Bertz CT molecular complexity index is 497. The predicted octanol–water partition coefficient (Wildman–Crippen LogP) is 4.04. The molecule has 0 saturated carbocycles. The maximum Gasteiger partial charge on any atom is 0.130 e. The van der Waals surface area contributed by atoms with Gasteiger partial charge in [0.2, 0.25) is 0 Å². The molecule has 0 fully saturated rings. The number of anilines is 2. The molecule has 82 valence electrons. The minimum Gasteiger partial charge on any atom is -0.340 e. The van der Waals surface area contributed by atoms with Crippen LogP contribution in [-0.2, 0) is 0 Å². The summed E-state index contributed by atoms with van der Waals surface area (Å²) in [5, 5.41) is 3.07. The lowest BCUT2D eigenvalue weighted by atomic mass is 10.2. The van der Waals surface area contributed by atoms with E-state index in [0.29, 0.717) is 11.4 Å². The van der Waals surface area contributed by atoms with Crippen molar-refractivity contribution >= 4 is 27.4 Å². The van der Waals surface area contributed by atoms with Crippen LogP contribution in [0.5, 0.6) is 0 Å². The SMILES string of the molecule is Cc1c(F)cccc1Nc1ccc(Br)cn1. The van der Waals surface area contributed by atoms with Crippen molar-refractivity contribution in [1.29, 1.82) is 0 Å². The van der Waals surface area contributed by atoms with E-state index in [2.05, 4.69) is 26.2 Å². The molecule has 0 unspecified atom stereocenters. The van der Waals surface area contributed by atoms with Gasteiger partial charge in [-0.25, -0.2) is 9.37 Å². The predicted molar refractivity (Wildman–Crippen MR) is 66.4 cm³/mol. The number of hydrogen-bond acceptors (Lipinski definition) is 2. The van der Waals surface area contributed by atoms with Crippen LogP contribution < -0.4 is 5.32 Å². The third-order valence-electron chi connectivity index (χ3n) is 2.26. The van der Waals surface area contributed by atoms with Gasteiger partial charge < -0.3 is 5.32 Å². The summed E-state index contributed by atoms with van der Waals surface area (Å²) in [6, 6.07) is 8.64. The molecule has 2 nitrogen and oxygen atoms in total. The van der Waals surface area contributed by atoms with E-state index in [1.165, 1.54) is 6.07 Å². The Hall–Kier alpha value is -1.42. The number of hydrogen-bond donors (Lipinski definition) is 1. The first kappa shape index (κ1) is 11.1. The number of aromatic nitrogens is 1. The molecular weight excluding hydrogens is 271 g/mol. The molecule has 0 aliphatic carbocycles. The van der Waals surface area contributed by atoms with Crippen molar-refractivity contribution in [2.75, 3.05) is 5.32 Å². The molecule has 1 heterocycles. The topological polar surface area (TPSA) is 24.9 Å². The fourth-order valence-corrected chi connectivity index (χ4v) is 1.57. The molecular formula is C12H10BrFN2. The van der Waals surface area contributed by atoms with Gasteiger partial charge in [-0.3, -0.25) is 0 Å². The van der Waals surface area contributed by atoms with Crippen molar-refractivity contribution in [3.05, 3.63) is 52.4 Å². The Labute approximate surface area is 102 Å². The van der Waals surface area contributed by atoms with Crippen LogP contribution in [0.15, 0.2) is 41.0 Å². The molecule has 0 radical (unpaired) electrons. The van der Waals surface area contributed by atoms with Crippen molar-refractivity contribution in [2.24, 2.45) is 0 Å². The number of nitrogens with zero attached hydrogens (tertiary/aromatic N) is 1. The summed E-state index contributed by atoms with van der Waals surface area (Å²) < 4.78 is 14.2. The maximum atomic E-state index is 13.3. The van der Waals surface area contributed by atoms with Crippen LogP contribution in [0.2, 0.25) is 0 Å². The number of halogens is 2. The molecule has 1 N–H and O–H groups in total. The van der Waals surface area contributed by atoms with E-state index in [1.807, 2.05) is 18.2 Å². The van der Waals surface area contributed by atoms with Gasteiger partial charge in [0.25, 0.3) is 0 Å². The molecule has 0 aliphatic rings. The normalized spacial score (nSPS) is 10.2. The van der Waals surface area contributed by atoms with Gasteiger partial charge in [0.1, 0.15) is 11.6 Å². The minimum absolute atomic E-state index is 0.220. The highest BCUT2D eigenvalue weighted by molar-refractivity contribution is 9.10. The molecule has 0 aliphatic heterocycles. The second-order valence-electron chi connectivity index (χ2n) is 3.40. The van der Waals surface area contributed by atoms with Crippen LogP contribution >= 0.6 is 15.9 Å². The second kappa shape index (κ2) is 4.61. The fraction of sp³-hybridized carbons (Fsp3) is 0.0833. The molecule has 0 saturated heterocycles. The summed E-state index contributed by atoms with van der Waals surface area (Å²) in [6.45, 7) is 1.73. The largest absolute Gasteiger partial charge is 0.340 e. The Morgan fingerprint density at radius 1 is 1.25 bits per heavy atom. The van der Waals surface area contributed by atoms with Crippen LogP contribution in [0.25, 0.3) is 0 Å². The van der Waals surface area contributed by atoms with Crippen LogP contribution in [0.1, 0.15) is 5.56 Å². The van der Waals surface area contributed by atoms with Gasteiger partial charge in [0.05, 0.1) is 0 Å². The quantitative estimate of drug-likeness (QED) is 0.898. The van der Waals surface area contributed by atoms with Crippen LogP contribution in [0.3, 0.4) is 0 Å². The van der Waals surface area contributed by atoms with E-state index in [9.17, 15) is 4.39 Å². The number of rotatable bonds is 2. The van der Waals surface area contributed by atoms with Crippen molar-refractivity contribution < 1.29 is 4.39 Å². The molecule has 0 bridgehead atoms. The summed E-state index contributed by atoms with van der Waals surface area (Å²) >= 11 is 3.31. The van der Waals surface area contributed by atoms with Crippen LogP contribution in [-0.4, -0.2) is 4.98 Å². The summed E-state index contributed by atoms with van der Waals surface area (Å²) in [5.74, 6) is 0.471. The van der Waals surface area contributed by atoms with Crippen LogP contribution in [0, 0.1) is 12.7 Å². The first-order valence-corrected chi connectivity index (χ1v) is 5.60. The third kappa shape index (κ3) is 2.39. The average Bonchev–Trinajstić information content (AvgIpc) is 2.28. The molecule has 1 aromatic heterocycles. The van der Waals surface area contributed by atoms with Crippen molar-refractivity contribution in [3.63, 3.8) is 0 Å². The monoisotopic (exact) mass is 280 g/mol. The van der Waals surface area contributed by atoms with E-state index in [1.54, 1.807) is 19.2 Å². The van der Waals surface area contributed by atoms with Crippen molar-refractivity contribution in [1.82, 2.24) is 4.98 Å². The molecule has 1 aromatic carbocycles. The zero-order valence-corrected chi connectivity index (χ0v) is 10.3. The van der Waals surface area contributed by atoms with E-state index < -0.39 is 0 Å². The Morgan fingerprint density at radius 3 is 2.75 bits per heavy atom.